The Morgan fingerprint density at radius 2 is 1.28 bits per heavy atom. The van der Waals surface area contributed by atoms with Crippen LogP contribution in [0.1, 0.15) is 89.9 Å². The molecular formula is C26H38N2O. The molecule has 0 spiro atoms. The number of ether oxygens (including phenoxy) is 1. The molecule has 0 saturated heterocycles. The molecule has 0 atom stereocenters. The molecule has 0 radical (unpaired) electrons. The van der Waals surface area contributed by atoms with E-state index in [2.05, 4.69) is 35.3 Å². The maximum Gasteiger partial charge on any atom is 0.147 e. The van der Waals surface area contributed by atoms with E-state index in [-0.39, 0.29) is 0 Å². The normalized spacial score (nSPS) is 25.9. The van der Waals surface area contributed by atoms with Gasteiger partial charge in [-0.15, -0.1) is 0 Å². The zero-order valence-electron chi connectivity index (χ0n) is 18.1. The second kappa shape index (κ2) is 11.9. The molecule has 0 aliphatic heterocycles. The predicted octanol–water partition coefficient (Wildman–Crippen LogP) is 7.47. The maximum atomic E-state index is 6.52. The molecule has 0 aromatic carbocycles. The Morgan fingerprint density at radius 1 is 0.724 bits per heavy atom. The van der Waals surface area contributed by atoms with Crippen molar-refractivity contribution in [2.75, 3.05) is 0 Å². The van der Waals surface area contributed by atoms with Crippen LogP contribution in [0.4, 0.5) is 0 Å². The van der Waals surface area contributed by atoms with Crippen molar-refractivity contribution in [2.24, 2.45) is 15.9 Å². The van der Waals surface area contributed by atoms with Crippen LogP contribution in [-0.4, -0.2) is 17.5 Å². The summed E-state index contributed by atoms with van der Waals surface area (Å²) < 4.78 is 6.52. The molecule has 0 bridgehead atoms. The molecule has 0 N–H and O–H groups in total. The molecule has 3 rings (SSSR count). The third kappa shape index (κ3) is 6.55. The second-order valence-electron chi connectivity index (χ2n) is 8.64. The molecule has 29 heavy (non-hydrogen) atoms. The first-order valence-corrected chi connectivity index (χ1v) is 11.8. The SMILES string of the molecule is C=CN=C1C=C(C2CCCCCCCCC2)C=C(OC2CCCCC2)C1=NC=C. The zero-order chi connectivity index (χ0) is 20.3. The Kier molecular flexibility index (Phi) is 8.98. The van der Waals surface area contributed by atoms with Gasteiger partial charge in [0, 0.05) is 12.4 Å². The third-order valence-electron chi connectivity index (χ3n) is 6.45. The molecule has 3 heteroatoms. The Bertz CT molecular complexity index is 667. The fraction of sp³-hybridized carbons (Fsp3) is 0.615. The van der Waals surface area contributed by atoms with Crippen LogP contribution in [-0.2, 0) is 4.74 Å². The van der Waals surface area contributed by atoms with Gasteiger partial charge in [-0.2, -0.15) is 0 Å². The highest BCUT2D eigenvalue weighted by Crippen LogP contribution is 2.32. The number of aliphatic imine (C=N–C) groups is 2. The topological polar surface area (TPSA) is 34.0 Å². The summed E-state index contributed by atoms with van der Waals surface area (Å²) in [6, 6.07) is 0. The van der Waals surface area contributed by atoms with Gasteiger partial charge in [0.15, 0.2) is 0 Å². The Labute approximate surface area is 177 Å². The highest BCUT2D eigenvalue weighted by atomic mass is 16.5. The lowest BCUT2D eigenvalue weighted by Crippen LogP contribution is -2.26. The summed E-state index contributed by atoms with van der Waals surface area (Å²) in [4.78, 5) is 9.09. The minimum Gasteiger partial charge on any atom is -0.488 e. The van der Waals surface area contributed by atoms with Crippen molar-refractivity contribution in [1.29, 1.82) is 0 Å². The van der Waals surface area contributed by atoms with Gasteiger partial charge < -0.3 is 4.74 Å². The van der Waals surface area contributed by atoms with Crippen molar-refractivity contribution < 1.29 is 4.74 Å². The van der Waals surface area contributed by atoms with Gasteiger partial charge in [-0.05, 0) is 62.2 Å². The molecule has 2 fully saturated rings. The lowest BCUT2D eigenvalue weighted by Gasteiger charge is -2.28. The van der Waals surface area contributed by atoms with Gasteiger partial charge in [0.2, 0.25) is 0 Å². The first-order valence-electron chi connectivity index (χ1n) is 11.8. The van der Waals surface area contributed by atoms with E-state index in [9.17, 15) is 0 Å². The summed E-state index contributed by atoms with van der Waals surface area (Å²) in [5.41, 5.74) is 3.02. The van der Waals surface area contributed by atoms with Crippen molar-refractivity contribution in [1.82, 2.24) is 0 Å². The average molecular weight is 395 g/mol. The number of hydrogen-bond acceptors (Lipinski definition) is 3. The summed E-state index contributed by atoms with van der Waals surface area (Å²) in [5, 5.41) is 0. The van der Waals surface area contributed by atoms with Crippen LogP contribution in [0.2, 0.25) is 0 Å². The van der Waals surface area contributed by atoms with Gasteiger partial charge >= 0.3 is 0 Å². The van der Waals surface area contributed by atoms with E-state index >= 15 is 0 Å². The molecular weight excluding hydrogens is 356 g/mol. The molecule has 0 aromatic heterocycles. The number of allylic oxidation sites excluding steroid dienone is 4. The monoisotopic (exact) mass is 394 g/mol. The lowest BCUT2D eigenvalue weighted by molar-refractivity contribution is 0.0942. The number of rotatable bonds is 5. The molecule has 3 aliphatic rings. The molecule has 3 nitrogen and oxygen atoms in total. The van der Waals surface area contributed by atoms with Crippen molar-refractivity contribution in [2.45, 2.75) is 96.0 Å². The van der Waals surface area contributed by atoms with Crippen LogP contribution in [0.5, 0.6) is 0 Å². The van der Waals surface area contributed by atoms with E-state index in [1.807, 2.05) is 0 Å². The molecule has 0 heterocycles. The predicted molar refractivity (Wildman–Crippen MR) is 124 cm³/mol. The summed E-state index contributed by atoms with van der Waals surface area (Å²) in [5.74, 6) is 1.46. The standard InChI is InChI=1S/C26H38N2O/c1-3-27-24-19-22(21-15-11-8-6-5-7-9-12-16-21)20-25(26(24)28-4-2)29-23-17-13-10-14-18-23/h3-4,19-21,23H,1-2,5-18H2. The first-order chi connectivity index (χ1) is 14.3. The third-order valence-corrected chi connectivity index (χ3v) is 6.45. The fourth-order valence-corrected chi connectivity index (χ4v) is 4.86. The van der Waals surface area contributed by atoms with E-state index < -0.39 is 0 Å². The van der Waals surface area contributed by atoms with Crippen molar-refractivity contribution >= 4 is 11.4 Å². The van der Waals surface area contributed by atoms with Crippen molar-refractivity contribution in [3.05, 3.63) is 49.0 Å². The van der Waals surface area contributed by atoms with Crippen LogP contribution in [0.15, 0.2) is 59.0 Å². The van der Waals surface area contributed by atoms with E-state index in [1.165, 1.54) is 82.6 Å². The molecule has 3 aliphatic carbocycles. The van der Waals surface area contributed by atoms with Gasteiger partial charge in [-0.3, -0.25) is 9.98 Å². The summed E-state index contributed by atoms with van der Waals surface area (Å²) in [6.45, 7) is 7.63. The average Bonchev–Trinajstić information content (AvgIpc) is 2.75. The molecule has 0 amide bonds. The molecule has 0 unspecified atom stereocenters. The summed E-state index contributed by atoms with van der Waals surface area (Å²) >= 11 is 0. The quantitative estimate of drug-likeness (QED) is 0.445. The molecule has 0 aromatic rings. The van der Waals surface area contributed by atoms with Crippen molar-refractivity contribution in [3.8, 4) is 0 Å². The van der Waals surface area contributed by atoms with Crippen LogP contribution >= 0.6 is 0 Å². The highest BCUT2D eigenvalue weighted by molar-refractivity contribution is 6.52. The smallest absolute Gasteiger partial charge is 0.147 e. The largest absolute Gasteiger partial charge is 0.488 e. The summed E-state index contributed by atoms with van der Waals surface area (Å²) in [7, 11) is 0. The van der Waals surface area contributed by atoms with E-state index in [0.717, 1.165) is 30.0 Å². The van der Waals surface area contributed by atoms with Crippen LogP contribution < -0.4 is 0 Å². The minimum absolute atomic E-state index is 0.290. The Balaban J connectivity index is 1.87. The first kappa shape index (κ1) is 21.8. The van der Waals surface area contributed by atoms with Gasteiger partial charge in [0.1, 0.15) is 11.5 Å². The zero-order valence-corrected chi connectivity index (χ0v) is 18.1. The van der Waals surface area contributed by atoms with Gasteiger partial charge in [-0.1, -0.05) is 64.5 Å². The highest BCUT2D eigenvalue weighted by Gasteiger charge is 2.26. The van der Waals surface area contributed by atoms with Gasteiger partial charge in [0.25, 0.3) is 0 Å². The van der Waals surface area contributed by atoms with Crippen LogP contribution in [0.3, 0.4) is 0 Å². The second-order valence-corrected chi connectivity index (χ2v) is 8.64. The van der Waals surface area contributed by atoms with E-state index in [1.54, 1.807) is 12.4 Å². The Hall–Kier alpha value is -1.90. The van der Waals surface area contributed by atoms with Crippen molar-refractivity contribution in [3.63, 3.8) is 0 Å². The van der Waals surface area contributed by atoms with Crippen LogP contribution in [0.25, 0.3) is 0 Å². The number of nitrogens with zero attached hydrogens (tertiary/aromatic N) is 2. The maximum absolute atomic E-state index is 6.52. The fourth-order valence-electron chi connectivity index (χ4n) is 4.86. The number of hydrogen-bond donors (Lipinski definition) is 0. The van der Waals surface area contributed by atoms with Crippen LogP contribution in [0, 0.1) is 5.92 Å². The van der Waals surface area contributed by atoms with Gasteiger partial charge in [-0.25, -0.2) is 0 Å². The Morgan fingerprint density at radius 3 is 1.90 bits per heavy atom. The molecule has 2 saturated carbocycles. The van der Waals surface area contributed by atoms with E-state index in [0.29, 0.717) is 12.0 Å². The lowest BCUT2D eigenvalue weighted by atomic mass is 9.83. The minimum atomic E-state index is 0.290. The molecule has 158 valence electrons. The van der Waals surface area contributed by atoms with E-state index in [4.69, 9.17) is 4.74 Å². The summed E-state index contributed by atoms with van der Waals surface area (Å²) in [6.07, 6.45) is 26.1. The van der Waals surface area contributed by atoms with Gasteiger partial charge in [0.05, 0.1) is 11.8 Å².